The van der Waals surface area contributed by atoms with Gasteiger partial charge in [0.1, 0.15) is 5.82 Å². The van der Waals surface area contributed by atoms with Crippen molar-refractivity contribution in [1.29, 1.82) is 0 Å². The highest BCUT2D eigenvalue weighted by Crippen LogP contribution is 2.30. The molecule has 1 aliphatic heterocycles. The van der Waals surface area contributed by atoms with Crippen molar-refractivity contribution in [3.63, 3.8) is 0 Å². The molecule has 0 unspecified atom stereocenters. The molecular weight excluding hydrogens is 485 g/mol. The summed E-state index contributed by atoms with van der Waals surface area (Å²) in [4.78, 5) is 44.6. The number of halogens is 3. The van der Waals surface area contributed by atoms with Crippen LogP contribution in [0.5, 0.6) is 0 Å². The standard InChI is InChI=1S/C24H14Cl3N3O3/c25-14-5-3-4-13(10-14)22(31)30-20-12-18(27)17(26)11-19(20)28-21(30)8-9-29-23(32)15-6-1-2-7-16(15)24(29)33/h1-7,10-12H,8-9H2. The Hall–Kier alpha value is -3.19. The minimum absolute atomic E-state index is 0.0555. The minimum Gasteiger partial charge on any atom is -0.274 e. The molecule has 0 atom stereocenters. The second-order valence-electron chi connectivity index (χ2n) is 7.49. The molecule has 0 fully saturated rings. The average molecular weight is 499 g/mol. The maximum atomic E-state index is 13.4. The van der Waals surface area contributed by atoms with E-state index in [1.165, 1.54) is 4.57 Å². The fourth-order valence-corrected chi connectivity index (χ4v) is 4.43. The number of imide groups is 1. The third-order valence-electron chi connectivity index (χ3n) is 5.48. The topological polar surface area (TPSA) is 72.3 Å². The average Bonchev–Trinajstić information content (AvgIpc) is 3.26. The fourth-order valence-electron chi connectivity index (χ4n) is 3.92. The monoisotopic (exact) mass is 497 g/mol. The molecule has 1 aliphatic rings. The maximum absolute atomic E-state index is 13.4. The Morgan fingerprint density at radius 1 is 0.848 bits per heavy atom. The van der Waals surface area contributed by atoms with Gasteiger partial charge < -0.3 is 0 Å². The Kier molecular flexibility index (Phi) is 5.44. The molecule has 0 aliphatic carbocycles. The van der Waals surface area contributed by atoms with Crippen LogP contribution in [0.1, 0.15) is 36.9 Å². The molecule has 0 bridgehead atoms. The summed E-state index contributed by atoms with van der Waals surface area (Å²) in [7, 11) is 0. The lowest BCUT2D eigenvalue weighted by molar-refractivity contribution is 0.0655. The van der Waals surface area contributed by atoms with Crippen LogP contribution in [0, 0.1) is 0 Å². The summed E-state index contributed by atoms with van der Waals surface area (Å²) in [5.74, 6) is -0.739. The van der Waals surface area contributed by atoms with Crippen LogP contribution in [0.25, 0.3) is 11.0 Å². The van der Waals surface area contributed by atoms with E-state index in [4.69, 9.17) is 34.8 Å². The molecule has 3 aromatic carbocycles. The van der Waals surface area contributed by atoms with Gasteiger partial charge in [-0.05, 0) is 42.5 Å². The number of benzene rings is 3. The molecule has 9 heteroatoms. The fraction of sp³-hybridized carbons (Fsp3) is 0.0833. The first kappa shape index (κ1) is 21.6. The molecule has 0 N–H and O–H groups in total. The Morgan fingerprint density at radius 2 is 1.52 bits per heavy atom. The normalized spacial score (nSPS) is 13.1. The lowest BCUT2D eigenvalue weighted by Crippen LogP contribution is -2.32. The van der Waals surface area contributed by atoms with Crippen molar-refractivity contribution in [2.75, 3.05) is 6.54 Å². The molecule has 1 aromatic heterocycles. The summed E-state index contributed by atoms with van der Waals surface area (Å²) in [5.41, 5.74) is 2.02. The molecule has 6 nitrogen and oxygen atoms in total. The number of hydrogen-bond acceptors (Lipinski definition) is 4. The van der Waals surface area contributed by atoms with Gasteiger partial charge in [-0.1, -0.05) is 53.0 Å². The minimum atomic E-state index is -0.370. The van der Waals surface area contributed by atoms with Gasteiger partial charge in [0.05, 0.1) is 32.2 Å². The zero-order valence-corrected chi connectivity index (χ0v) is 19.2. The van der Waals surface area contributed by atoms with Gasteiger partial charge in [-0.15, -0.1) is 0 Å². The van der Waals surface area contributed by atoms with E-state index in [0.717, 1.165) is 4.90 Å². The van der Waals surface area contributed by atoms with Gasteiger partial charge in [0.15, 0.2) is 0 Å². The lowest BCUT2D eigenvalue weighted by atomic mass is 10.1. The predicted octanol–water partition coefficient (Wildman–Crippen LogP) is 5.52. The third kappa shape index (κ3) is 3.70. The molecule has 2 heterocycles. The number of imidazole rings is 1. The molecule has 33 heavy (non-hydrogen) atoms. The van der Waals surface area contributed by atoms with E-state index in [0.29, 0.717) is 43.6 Å². The van der Waals surface area contributed by atoms with Gasteiger partial charge in [0, 0.05) is 23.6 Å². The predicted molar refractivity (Wildman–Crippen MR) is 126 cm³/mol. The summed E-state index contributed by atoms with van der Waals surface area (Å²) >= 11 is 18.4. The van der Waals surface area contributed by atoms with Crippen LogP contribution in [0.15, 0.2) is 60.7 Å². The van der Waals surface area contributed by atoms with E-state index in [9.17, 15) is 14.4 Å². The molecule has 0 radical (unpaired) electrons. The summed E-state index contributed by atoms with van der Waals surface area (Å²) in [6.45, 7) is 0.0555. The van der Waals surface area contributed by atoms with Gasteiger partial charge in [0.2, 0.25) is 0 Å². The SMILES string of the molecule is O=C1c2ccccc2C(=O)N1CCc1nc2cc(Cl)c(Cl)cc2n1C(=O)c1cccc(Cl)c1. The molecule has 0 saturated heterocycles. The highest BCUT2D eigenvalue weighted by atomic mass is 35.5. The number of rotatable bonds is 4. The van der Waals surface area contributed by atoms with Crippen LogP contribution >= 0.6 is 34.8 Å². The zero-order valence-electron chi connectivity index (χ0n) is 16.9. The van der Waals surface area contributed by atoms with Crippen LogP contribution < -0.4 is 0 Å². The molecule has 164 valence electrons. The van der Waals surface area contributed by atoms with E-state index in [2.05, 4.69) is 4.98 Å². The number of fused-ring (bicyclic) bond motifs is 2. The van der Waals surface area contributed by atoms with Crippen molar-refractivity contribution in [1.82, 2.24) is 14.5 Å². The van der Waals surface area contributed by atoms with Crippen LogP contribution in [-0.2, 0) is 6.42 Å². The highest BCUT2D eigenvalue weighted by molar-refractivity contribution is 6.42. The van der Waals surface area contributed by atoms with Gasteiger partial charge >= 0.3 is 0 Å². The van der Waals surface area contributed by atoms with Crippen molar-refractivity contribution in [2.45, 2.75) is 6.42 Å². The van der Waals surface area contributed by atoms with Gasteiger partial charge in [-0.2, -0.15) is 0 Å². The van der Waals surface area contributed by atoms with E-state index in [1.54, 1.807) is 60.7 Å². The van der Waals surface area contributed by atoms with E-state index in [-0.39, 0.29) is 35.7 Å². The molecule has 0 spiro atoms. The summed E-state index contributed by atoms with van der Waals surface area (Å²) in [5, 5.41) is 0.992. The van der Waals surface area contributed by atoms with Crippen LogP contribution in [-0.4, -0.2) is 38.7 Å². The Morgan fingerprint density at radius 3 is 2.18 bits per heavy atom. The zero-order chi connectivity index (χ0) is 23.3. The van der Waals surface area contributed by atoms with Crippen LogP contribution in [0.3, 0.4) is 0 Å². The number of carbonyl (C=O) groups is 3. The molecule has 0 saturated carbocycles. The van der Waals surface area contributed by atoms with Gasteiger partial charge in [-0.3, -0.25) is 23.9 Å². The first-order valence-corrected chi connectivity index (χ1v) is 11.1. The van der Waals surface area contributed by atoms with Crippen molar-refractivity contribution >= 4 is 63.6 Å². The number of aromatic nitrogens is 2. The van der Waals surface area contributed by atoms with Crippen molar-refractivity contribution in [3.05, 3.63) is 98.2 Å². The Balaban J connectivity index is 1.54. The van der Waals surface area contributed by atoms with Crippen molar-refractivity contribution in [3.8, 4) is 0 Å². The highest BCUT2D eigenvalue weighted by Gasteiger charge is 2.35. The van der Waals surface area contributed by atoms with Gasteiger partial charge in [-0.25, -0.2) is 4.98 Å². The summed E-state index contributed by atoms with van der Waals surface area (Å²) in [6.07, 6.45) is 0.154. The first-order valence-electron chi connectivity index (χ1n) is 9.97. The Labute approximate surface area is 203 Å². The van der Waals surface area contributed by atoms with Crippen LogP contribution in [0.4, 0.5) is 0 Å². The number of amides is 2. The second kappa shape index (κ2) is 8.30. The van der Waals surface area contributed by atoms with E-state index < -0.39 is 0 Å². The number of nitrogens with zero attached hydrogens (tertiary/aromatic N) is 3. The number of hydrogen-bond donors (Lipinski definition) is 0. The summed E-state index contributed by atoms with van der Waals surface area (Å²) < 4.78 is 1.42. The first-order chi connectivity index (χ1) is 15.8. The van der Waals surface area contributed by atoms with E-state index >= 15 is 0 Å². The van der Waals surface area contributed by atoms with Crippen LogP contribution in [0.2, 0.25) is 15.1 Å². The van der Waals surface area contributed by atoms with Gasteiger partial charge in [0.25, 0.3) is 17.7 Å². The number of carbonyl (C=O) groups excluding carboxylic acids is 3. The van der Waals surface area contributed by atoms with Crippen molar-refractivity contribution in [2.24, 2.45) is 0 Å². The Bertz CT molecular complexity index is 1440. The third-order valence-corrected chi connectivity index (χ3v) is 6.44. The molecule has 4 aromatic rings. The smallest absolute Gasteiger partial charge is 0.263 e. The largest absolute Gasteiger partial charge is 0.274 e. The lowest BCUT2D eigenvalue weighted by Gasteiger charge is -2.14. The summed E-state index contributed by atoms with van der Waals surface area (Å²) in [6, 6.07) is 16.4. The maximum Gasteiger partial charge on any atom is 0.263 e. The quantitative estimate of drug-likeness (QED) is 0.347. The van der Waals surface area contributed by atoms with E-state index in [1.807, 2.05) is 0 Å². The molecular formula is C24H14Cl3N3O3. The molecule has 2 amide bonds. The molecule has 5 rings (SSSR count). The second-order valence-corrected chi connectivity index (χ2v) is 8.74. The van der Waals surface area contributed by atoms with Crippen molar-refractivity contribution < 1.29 is 14.4 Å².